The number of anilines is 2. The normalized spacial score (nSPS) is 10.5. The highest BCUT2D eigenvalue weighted by Gasteiger charge is 2.11. The lowest BCUT2D eigenvalue weighted by atomic mass is 10.2. The van der Waals surface area contributed by atoms with Gasteiger partial charge in [0.1, 0.15) is 0 Å². The fourth-order valence-electron chi connectivity index (χ4n) is 1.88. The van der Waals surface area contributed by atoms with E-state index in [1.807, 2.05) is 30.3 Å². The van der Waals surface area contributed by atoms with Crippen molar-refractivity contribution in [1.82, 2.24) is 15.2 Å². The Labute approximate surface area is 172 Å². The number of nitrogens with one attached hydrogen (secondary N) is 2. The van der Waals surface area contributed by atoms with Gasteiger partial charge in [-0.15, -0.1) is 33.3 Å². The summed E-state index contributed by atoms with van der Waals surface area (Å²) in [4.78, 5) is 27.8. The first-order valence-electron chi connectivity index (χ1n) is 7.76. The number of aromatic nitrogens is 3. The highest BCUT2D eigenvalue weighted by molar-refractivity contribution is 8.01. The number of hydrogen-bond donors (Lipinski definition) is 2. The van der Waals surface area contributed by atoms with Gasteiger partial charge < -0.3 is 5.32 Å². The van der Waals surface area contributed by atoms with Gasteiger partial charge >= 0.3 is 0 Å². The Morgan fingerprint density at radius 3 is 2.56 bits per heavy atom. The van der Waals surface area contributed by atoms with Gasteiger partial charge in [-0.25, -0.2) is 4.98 Å². The van der Waals surface area contributed by atoms with Crippen LogP contribution >= 0.6 is 46.2 Å². The zero-order chi connectivity index (χ0) is 18.9. The van der Waals surface area contributed by atoms with Crippen LogP contribution in [0.5, 0.6) is 0 Å². The quantitative estimate of drug-likeness (QED) is 0.390. The minimum Gasteiger partial charge on any atom is -0.301 e. The molecule has 2 heterocycles. The number of carbonyl (C=O) groups excluding carboxylic acids is 2. The fraction of sp³-hybridized carbons (Fsp3) is 0.188. The smallest absolute Gasteiger partial charge is 0.236 e. The van der Waals surface area contributed by atoms with E-state index >= 15 is 0 Å². The van der Waals surface area contributed by atoms with Crippen LogP contribution in [0.1, 0.15) is 5.56 Å². The van der Waals surface area contributed by atoms with Gasteiger partial charge in [0, 0.05) is 17.3 Å². The Morgan fingerprint density at radius 1 is 1.00 bits per heavy atom. The van der Waals surface area contributed by atoms with Crippen molar-refractivity contribution < 1.29 is 9.59 Å². The van der Waals surface area contributed by atoms with Crippen molar-refractivity contribution >= 4 is 68.3 Å². The third-order valence-corrected chi connectivity index (χ3v) is 6.67. The van der Waals surface area contributed by atoms with Crippen LogP contribution in [-0.2, 0) is 15.3 Å². The Balaban J connectivity index is 1.37. The van der Waals surface area contributed by atoms with Crippen molar-refractivity contribution in [3.05, 3.63) is 47.5 Å². The molecule has 2 aromatic heterocycles. The average Bonchev–Trinajstić information content (AvgIpc) is 3.33. The zero-order valence-electron chi connectivity index (χ0n) is 14.0. The first-order valence-corrected chi connectivity index (χ1v) is 11.6. The number of amides is 2. The van der Waals surface area contributed by atoms with Crippen LogP contribution in [0.4, 0.5) is 10.3 Å². The number of rotatable bonds is 9. The first kappa shape index (κ1) is 19.8. The molecule has 0 aliphatic heterocycles. The molecule has 3 rings (SSSR count). The molecule has 0 unspecified atom stereocenters. The molecule has 3 aromatic rings. The van der Waals surface area contributed by atoms with Crippen molar-refractivity contribution in [1.29, 1.82) is 0 Å². The van der Waals surface area contributed by atoms with E-state index in [1.54, 1.807) is 11.6 Å². The Kier molecular flexibility index (Phi) is 7.63. The molecule has 0 aliphatic carbocycles. The lowest BCUT2D eigenvalue weighted by molar-refractivity contribution is -0.114. The molecule has 0 saturated heterocycles. The van der Waals surface area contributed by atoms with Crippen molar-refractivity contribution in [2.24, 2.45) is 0 Å². The van der Waals surface area contributed by atoms with E-state index < -0.39 is 0 Å². The number of hydrogen-bond acceptors (Lipinski definition) is 9. The van der Waals surface area contributed by atoms with Crippen LogP contribution in [0.15, 0.2) is 46.2 Å². The monoisotopic (exact) mass is 437 g/mol. The van der Waals surface area contributed by atoms with E-state index in [1.165, 1.54) is 51.8 Å². The summed E-state index contributed by atoms with van der Waals surface area (Å²) in [6.45, 7) is 0. The molecule has 1 aromatic carbocycles. The topological polar surface area (TPSA) is 96.9 Å². The van der Waals surface area contributed by atoms with Crippen molar-refractivity contribution in [2.75, 3.05) is 22.1 Å². The lowest BCUT2D eigenvalue weighted by Gasteiger charge is -2.02. The van der Waals surface area contributed by atoms with E-state index in [9.17, 15) is 9.59 Å². The summed E-state index contributed by atoms with van der Waals surface area (Å²) in [5.74, 6) is 1.04. The molecular formula is C16H15N5O2S4. The fourth-order valence-corrected chi connectivity index (χ4v) is 4.78. The molecule has 0 atom stereocenters. The summed E-state index contributed by atoms with van der Waals surface area (Å²) < 4.78 is 0.622. The second-order valence-corrected chi connectivity index (χ2v) is 9.15. The predicted octanol–water partition coefficient (Wildman–Crippen LogP) is 3.60. The summed E-state index contributed by atoms with van der Waals surface area (Å²) in [5.41, 5.74) is 1.18. The van der Waals surface area contributed by atoms with Crippen molar-refractivity contribution in [3.63, 3.8) is 0 Å². The van der Waals surface area contributed by atoms with Crippen LogP contribution < -0.4 is 10.6 Å². The Morgan fingerprint density at radius 2 is 1.78 bits per heavy atom. The number of thiazole rings is 1. The number of thioether (sulfide) groups is 2. The Hall–Kier alpha value is -1.95. The summed E-state index contributed by atoms with van der Waals surface area (Å²) in [6.07, 6.45) is 1.63. The van der Waals surface area contributed by atoms with E-state index in [-0.39, 0.29) is 17.6 Å². The number of carbonyl (C=O) groups is 2. The van der Waals surface area contributed by atoms with Gasteiger partial charge in [-0.2, -0.15) is 0 Å². The van der Waals surface area contributed by atoms with Gasteiger partial charge in [-0.1, -0.05) is 53.4 Å². The molecule has 0 fully saturated rings. The minimum absolute atomic E-state index is 0.120. The number of benzene rings is 1. The predicted molar refractivity (Wildman–Crippen MR) is 113 cm³/mol. The summed E-state index contributed by atoms with van der Waals surface area (Å²) in [7, 11) is 0. The van der Waals surface area contributed by atoms with Crippen LogP contribution in [0.2, 0.25) is 0 Å². The van der Waals surface area contributed by atoms with E-state index in [0.29, 0.717) is 20.4 Å². The Bertz CT molecular complexity index is 870. The number of nitrogens with zero attached hydrogens (tertiary/aromatic N) is 3. The molecule has 2 amide bonds. The molecular weight excluding hydrogens is 422 g/mol. The summed E-state index contributed by atoms with van der Waals surface area (Å²) in [5, 5.41) is 16.2. The molecule has 2 N–H and O–H groups in total. The minimum atomic E-state index is -0.159. The second kappa shape index (κ2) is 10.4. The molecule has 0 spiro atoms. The largest absolute Gasteiger partial charge is 0.301 e. The van der Waals surface area contributed by atoms with Gasteiger partial charge in [-0.05, 0) is 5.56 Å². The van der Waals surface area contributed by atoms with Gasteiger partial charge in [0.15, 0.2) is 9.47 Å². The highest BCUT2D eigenvalue weighted by atomic mass is 32.2. The molecule has 140 valence electrons. The van der Waals surface area contributed by atoms with Gasteiger partial charge in [-0.3, -0.25) is 14.9 Å². The molecule has 0 radical (unpaired) electrons. The summed E-state index contributed by atoms with van der Waals surface area (Å²) in [6, 6.07) is 9.99. The maximum atomic E-state index is 12.0. The van der Waals surface area contributed by atoms with E-state index in [0.717, 1.165) is 5.75 Å². The highest BCUT2D eigenvalue weighted by Crippen LogP contribution is 2.26. The molecule has 0 aliphatic rings. The first-order chi connectivity index (χ1) is 13.2. The molecule has 11 heteroatoms. The van der Waals surface area contributed by atoms with Gasteiger partial charge in [0.25, 0.3) is 0 Å². The third-order valence-electron chi connectivity index (χ3n) is 3.00. The summed E-state index contributed by atoms with van der Waals surface area (Å²) >= 11 is 5.41. The maximum Gasteiger partial charge on any atom is 0.236 e. The lowest BCUT2D eigenvalue weighted by Crippen LogP contribution is -2.14. The van der Waals surface area contributed by atoms with Crippen LogP contribution in [-0.4, -0.2) is 38.5 Å². The standard InChI is InChI=1S/C16H15N5O2S4/c22-12(9-24-8-11-4-2-1-3-5-11)19-15-20-21-16(27-15)26-10-13(23)18-14-17-6-7-25-14/h1-7H,8-10H2,(H,17,18,23)(H,19,20,22). The van der Waals surface area contributed by atoms with Gasteiger partial charge in [0.2, 0.25) is 16.9 Å². The van der Waals surface area contributed by atoms with Crippen LogP contribution in [0, 0.1) is 0 Å². The maximum absolute atomic E-state index is 12.0. The van der Waals surface area contributed by atoms with Crippen molar-refractivity contribution in [3.8, 4) is 0 Å². The molecule has 0 bridgehead atoms. The average molecular weight is 438 g/mol. The van der Waals surface area contributed by atoms with Gasteiger partial charge in [0.05, 0.1) is 11.5 Å². The molecule has 0 saturated carbocycles. The van der Waals surface area contributed by atoms with Crippen molar-refractivity contribution in [2.45, 2.75) is 10.1 Å². The van der Waals surface area contributed by atoms with E-state index in [2.05, 4.69) is 25.8 Å². The second-order valence-electron chi connectivity index (χ2n) is 5.07. The molecule has 7 nitrogen and oxygen atoms in total. The van der Waals surface area contributed by atoms with Crippen LogP contribution in [0.25, 0.3) is 0 Å². The van der Waals surface area contributed by atoms with E-state index in [4.69, 9.17) is 0 Å². The SMILES string of the molecule is O=C(CSc1nnc(NC(=O)CSCc2ccccc2)s1)Nc1nccs1. The molecule has 27 heavy (non-hydrogen) atoms. The third kappa shape index (κ3) is 6.94. The zero-order valence-corrected chi connectivity index (χ0v) is 17.2. The van der Waals surface area contributed by atoms with Crippen LogP contribution in [0.3, 0.4) is 0 Å².